The van der Waals surface area contributed by atoms with Gasteiger partial charge < -0.3 is 0 Å². The van der Waals surface area contributed by atoms with Crippen molar-refractivity contribution in [1.29, 1.82) is 0 Å². The summed E-state index contributed by atoms with van der Waals surface area (Å²) >= 11 is 1.49. The summed E-state index contributed by atoms with van der Waals surface area (Å²) in [5, 5.41) is 0.616. The van der Waals surface area contributed by atoms with Crippen LogP contribution in [-0.4, -0.2) is 25.9 Å². The summed E-state index contributed by atoms with van der Waals surface area (Å²) in [6.45, 7) is 2.85. The fourth-order valence-corrected chi connectivity index (χ4v) is 7.51. The number of hydrogen-bond acceptors (Lipinski definition) is 5. The van der Waals surface area contributed by atoms with Crippen LogP contribution in [0.2, 0.25) is 0 Å². The van der Waals surface area contributed by atoms with Crippen LogP contribution in [0.25, 0.3) is 10.2 Å². The number of thiazole rings is 1. The normalized spacial score (nSPS) is 13.0. The molecule has 0 N–H and O–H groups in total. The second-order valence-corrected chi connectivity index (χ2v) is 12.3. The number of anilines is 2. The van der Waals surface area contributed by atoms with E-state index in [4.69, 9.17) is 4.98 Å². The molecule has 0 atom stereocenters. The predicted molar refractivity (Wildman–Crippen MR) is 157 cm³/mol. The fourth-order valence-electron chi connectivity index (χ4n) is 5.00. The Morgan fingerprint density at radius 2 is 1.67 bits per heavy atom. The highest BCUT2D eigenvalue weighted by molar-refractivity contribution is 7.92. The van der Waals surface area contributed by atoms with Crippen molar-refractivity contribution < 1.29 is 13.2 Å². The van der Waals surface area contributed by atoms with Crippen LogP contribution in [0, 0.1) is 0 Å². The summed E-state index contributed by atoms with van der Waals surface area (Å²) < 4.78 is 29.4. The maximum Gasteiger partial charge on any atom is 0.264 e. The van der Waals surface area contributed by atoms with E-state index in [1.54, 1.807) is 17.0 Å². The Bertz CT molecular complexity index is 1760. The van der Waals surface area contributed by atoms with Gasteiger partial charge in [-0.05, 0) is 65.9 Å². The smallest absolute Gasteiger partial charge is 0.264 e. The number of aromatic nitrogens is 1. The van der Waals surface area contributed by atoms with E-state index >= 15 is 0 Å². The molecule has 1 aliphatic rings. The number of hydrogen-bond donors (Lipinski definition) is 0. The average molecular weight is 554 g/mol. The fraction of sp³-hybridized carbons (Fsp3) is 0.161. The second kappa shape index (κ2) is 10.3. The topological polar surface area (TPSA) is 70.6 Å². The molecule has 0 bridgehead atoms. The minimum atomic E-state index is -3.74. The molecule has 0 aliphatic carbocycles. The highest BCUT2D eigenvalue weighted by Gasteiger charge is 2.31. The van der Waals surface area contributed by atoms with Gasteiger partial charge >= 0.3 is 0 Å². The molecule has 0 spiro atoms. The van der Waals surface area contributed by atoms with Crippen molar-refractivity contribution in [2.45, 2.75) is 31.2 Å². The zero-order valence-corrected chi connectivity index (χ0v) is 23.1. The molecule has 0 saturated carbocycles. The molecule has 8 heteroatoms. The Morgan fingerprint density at radius 3 is 2.44 bits per heavy atom. The molecule has 0 radical (unpaired) electrons. The van der Waals surface area contributed by atoms with Crippen molar-refractivity contribution in [3.63, 3.8) is 0 Å². The number of amides is 1. The summed E-state index contributed by atoms with van der Waals surface area (Å²) in [6, 6.07) is 29.7. The van der Waals surface area contributed by atoms with E-state index in [1.807, 2.05) is 66.7 Å². The zero-order valence-electron chi connectivity index (χ0n) is 21.4. The van der Waals surface area contributed by atoms with Crippen LogP contribution in [0.15, 0.2) is 102 Å². The molecule has 5 aromatic rings. The Morgan fingerprint density at radius 1 is 0.923 bits per heavy atom. The van der Waals surface area contributed by atoms with E-state index in [0.717, 1.165) is 33.3 Å². The van der Waals surface area contributed by atoms with E-state index in [9.17, 15) is 13.2 Å². The summed E-state index contributed by atoms with van der Waals surface area (Å²) in [6.07, 6.45) is 1.53. The van der Waals surface area contributed by atoms with Crippen LogP contribution >= 0.6 is 11.3 Å². The van der Waals surface area contributed by atoms with Crippen LogP contribution in [0.3, 0.4) is 0 Å². The van der Waals surface area contributed by atoms with Crippen LogP contribution < -0.4 is 9.21 Å². The average Bonchev–Trinajstić information content (AvgIpc) is 3.61. The van der Waals surface area contributed by atoms with Gasteiger partial charge in [-0.1, -0.05) is 78.9 Å². The minimum absolute atomic E-state index is 0.165. The maximum atomic E-state index is 13.9. The molecule has 1 amide bonds. The first kappa shape index (κ1) is 25.3. The molecule has 6 nitrogen and oxygen atoms in total. The van der Waals surface area contributed by atoms with Crippen LogP contribution in [0.4, 0.5) is 10.8 Å². The van der Waals surface area contributed by atoms with Gasteiger partial charge in [-0.25, -0.2) is 13.4 Å². The summed E-state index contributed by atoms with van der Waals surface area (Å²) in [5.41, 5.74) is 5.17. The van der Waals surface area contributed by atoms with Crippen molar-refractivity contribution in [2.24, 2.45) is 0 Å². The van der Waals surface area contributed by atoms with E-state index in [0.29, 0.717) is 35.9 Å². The van der Waals surface area contributed by atoms with E-state index in [1.165, 1.54) is 27.8 Å². The molecule has 1 aromatic heterocycles. The van der Waals surface area contributed by atoms with Crippen LogP contribution in [-0.2, 0) is 29.4 Å². The van der Waals surface area contributed by atoms with E-state index in [2.05, 4.69) is 13.0 Å². The highest BCUT2D eigenvalue weighted by Crippen LogP contribution is 2.34. The highest BCUT2D eigenvalue weighted by atomic mass is 32.2. The molecule has 4 aromatic carbocycles. The molecule has 39 heavy (non-hydrogen) atoms. The van der Waals surface area contributed by atoms with Gasteiger partial charge in [-0.15, -0.1) is 0 Å². The van der Waals surface area contributed by atoms with Crippen molar-refractivity contribution in [3.05, 3.63) is 119 Å². The third-order valence-electron chi connectivity index (χ3n) is 7.07. The van der Waals surface area contributed by atoms with Gasteiger partial charge in [0.05, 0.1) is 27.3 Å². The predicted octanol–water partition coefficient (Wildman–Crippen LogP) is 6.46. The first-order valence-corrected chi connectivity index (χ1v) is 15.2. The number of aryl methyl sites for hydroxylation is 1. The quantitative estimate of drug-likeness (QED) is 0.232. The van der Waals surface area contributed by atoms with Gasteiger partial charge in [0.1, 0.15) is 0 Å². The maximum absolute atomic E-state index is 13.9. The van der Waals surface area contributed by atoms with E-state index < -0.39 is 10.0 Å². The first-order valence-electron chi connectivity index (χ1n) is 12.9. The van der Waals surface area contributed by atoms with Crippen LogP contribution in [0.1, 0.15) is 34.0 Å². The molecule has 0 unspecified atom stereocenters. The lowest BCUT2D eigenvalue weighted by Crippen LogP contribution is -2.31. The molecular weight excluding hydrogens is 526 g/mol. The van der Waals surface area contributed by atoms with Gasteiger partial charge in [-0.3, -0.25) is 14.0 Å². The third-order valence-corrected chi connectivity index (χ3v) is 9.94. The molecule has 196 valence electrons. The number of carbonyl (C=O) groups excluding carboxylic acids is 1. The Labute approximate surface area is 232 Å². The Kier molecular flexibility index (Phi) is 6.66. The van der Waals surface area contributed by atoms with Gasteiger partial charge in [0.15, 0.2) is 5.13 Å². The lowest BCUT2D eigenvalue weighted by Gasteiger charge is -2.21. The van der Waals surface area contributed by atoms with Crippen molar-refractivity contribution >= 4 is 48.3 Å². The number of rotatable bonds is 7. The van der Waals surface area contributed by atoms with Gasteiger partial charge in [0.25, 0.3) is 15.9 Å². The number of carbonyl (C=O) groups is 1. The van der Waals surface area contributed by atoms with E-state index in [-0.39, 0.29) is 10.8 Å². The Hall–Kier alpha value is -4.01. The first-order chi connectivity index (χ1) is 19.0. The van der Waals surface area contributed by atoms with Crippen molar-refractivity contribution in [1.82, 2.24) is 4.98 Å². The molecule has 0 fully saturated rings. The number of fused-ring (bicyclic) bond motifs is 2. The number of sulfonamides is 1. The summed E-state index contributed by atoms with van der Waals surface area (Å²) in [5.74, 6) is -0.230. The number of para-hydroxylation sites is 2. The molecule has 0 saturated heterocycles. The molecule has 1 aliphatic heterocycles. The summed E-state index contributed by atoms with van der Waals surface area (Å²) in [7, 11) is -3.74. The lowest BCUT2D eigenvalue weighted by molar-refractivity contribution is 0.0985. The van der Waals surface area contributed by atoms with Crippen molar-refractivity contribution in [2.75, 3.05) is 15.7 Å². The Balaban J connectivity index is 1.34. The van der Waals surface area contributed by atoms with Gasteiger partial charge in [-0.2, -0.15) is 0 Å². The summed E-state index contributed by atoms with van der Waals surface area (Å²) in [4.78, 5) is 20.6. The van der Waals surface area contributed by atoms with Crippen molar-refractivity contribution in [3.8, 4) is 0 Å². The number of benzene rings is 4. The molecule has 6 rings (SSSR count). The molecule has 2 heterocycles. The number of nitrogens with zero attached hydrogens (tertiary/aromatic N) is 3. The largest absolute Gasteiger partial charge is 0.279 e. The monoisotopic (exact) mass is 553 g/mol. The second-order valence-electron chi connectivity index (χ2n) is 9.47. The lowest BCUT2D eigenvalue weighted by atomic mass is 10.1. The van der Waals surface area contributed by atoms with Gasteiger partial charge in [0.2, 0.25) is 0 Å². The SMILES string of the molecule is CCc1cccc2sc(N(Cc3ccccc3)C(=O)c3ccc(S(=O)(=O)N4CCc5ccccc54)cc3)nc12. The minimum Gasteiger partial charge on any atom is -0.279 e. The third kappa shape index (κ3) is 4.70. The van der Waals surface area contributed by atoms with Crippen LogP contribution in [0.5, 0.6) is 0 Å². The zero-order chi connectivity index (χ0) is 27.0. The molecular formula is C31H27N3O3S2. The standard InChI is InChI=1S/C31H27N3O3S2/c1-2-23-12-8-14-28-29(23)32-31(38-28)33(21-22-9-4-3-5-10-22)30(35)25-15-17-26(18-16-25)39(36,37)34-20-19-24-11-6-7-13-27(24)34/h3-18H,2,19-21H2,1H3. The van der Waals surface area contributed by atoms with Gasteiger partial charge in [0, 0.05) is 12.1 Å².